The van der Waals surface area contributed by atoms with Gasteiger partial charge in [0.15, 0.2) is 0 Å². The highest BCUT2D eigenvalue weighted by molar-refractivity contribution is 8.89. The van der Waals surface area contributed by atoms with Crippen molar-refractivity contribution in [1.29, 1.82) is 0 Å². The summed E-state index contributed by atoms with van der Waals surface area (Å²) in [5, 5.41) is 0. The van der Waals surface area contributed by atoms with Gasteiger partial charge in [-0.25, -0.2) is 4.79 Å². The van der Waals surface area contributed by atoms with Gasteiger partial charge in [0.2, 0.25) is 0 Å². The summed E-state index contributed by atoms with van der Waals surface area (Å²) < 4.78 is 7.02. The number of ether oxygens (including phenoxy) is 1. The maximum Gasteiger partial charge on any atom is 0.338 e. The van der Waals surface area contributed by atoms with Crippen molar-refractivity contribution < 1.29 is 9.53 Å². The molecule has 174 valence electrons. The van der Waals surface area contributed by atoms with Crippen LogP contribution >= 0.6 is 46.0 Å². The summed E-state index contributed by atoms with van der Waals surface area (Å²) in [6, 6.07) is 18.6. The van der Waals surface area contributed by atoms with Gasteiger partial charge in [-0.15, -0.1) is 0 Å². The van der Waals surface area contributed by atoms with Gasteiger partial charge in [-0.2, -0.15) is 0 Å². The van der Waals surface area contributed by atoms with Crippen LogP contribution in [0.2, 0.25) is 0 Å². The predicted octanol–water partition coefficient (Wildman–Crippen LogP) is 6.66. The van der Waals surface area contributed by atoms with Crippen molar-refractivity contribution in [3.05, 3.63) is 71.8 Å². The number of benzene rings is 2. The first kappa shape index (κ1) is 28.4. The van der Waals surface area contributed by atoms with E-state index in [9.17, 15) is 4.79 Å². The number of nitrogens with zero attached hydrogens (tertiary/aromatic N) is 2. The van der Waals surface area contributed by atoms with Gasteiger partial charge in [0, 0.05) is 26.2 Å². The van der Waals surface area contributed by atoms with Crippen LogP contribution in [0.15, 0.2) is 60.7 Å². The molecular formula is C24H32N2O2S4. The van der Waals surface area contributed by atoms with Crippen molar-refractivity contribution in [2.45, 2.75) is 34.3 Å². The normalized spacial score (nSPS) is 9.88. The van der Waals surface area contributed by atoms with Crippen LogP contribution in [0.25, 0.3) is 0 Å². The summed E-state index contributed by atoms with van der Waals surface area (Å²) in [5.74, 6) is -0.288. The van der Waals surface area contributed by atoms with Crippen molar-refractivity contribution >= 4 is 60.6 Å². The monoisotopic (exact) mass is 508 g/mol. The number of hydrogen-bond donors (Lipinski definition) is 0. The standard InChI is InChI=1S/C14H12O2.C10H20N2S4/c15-14(13-9-5-2-6-10-13)16-11-12-7-3-1-4-8-12;1-5-11(6-2)9(13)15-16-10(14)12(7-3)8-4/h1-10H,11H2;5-8H2,1-4H3. The maximum atomic E-state index is 11.6. The first-order valence-corrected chi connectivity index (χ1v) is 13.6. The molecule has 0 aromatic heterocycles. The summed E-state index contributed by atoms with van der Waals surface area (Å²) in [7, 11) is 3.18. The van der Waals surface area contributed by atoms with Crippen molar-refractivity contribution in [3.8, 4) is 0 Å². The van der Waals surface area contributed by atoms with E-state index >= 15 is 0 Å². The first-order chi connectivity index (χ1) is 15.5. The van der Waals surface area contributed by atoms with E-state index < -0.39 is 0 Å². The number of carbonyl (C=O) groups is 1. The molecule has 0 radical (unpaired) electrons. The van der Waals surface area contributed by atoms with Crippen molar-refractivity contribution in [2.75, 3.05) is 26.2 Å². The van der Waals surface area contributed by atoms with E-state index in [4.69, 9.17) is 29.2 Å². The lowest BCUT2D eigenvalue weighted by molar-refractivity contribution is 0.0472. The number of rotatable bonds is 7. The minimum Gasteiger partial charge on any atom is -0.457 e. The van der Waals surface area contributed by atoms with Gasteiger partial charge in [0.05, 0.1) is 5.56 Å². The van der Waals surface area contributed by atoms with Crippen LogP contribution in [0.3, 0.4) is 0 Å². The maximum absolute atomic E-state index is 11.6. The van der Waals surface area contributed by atoms with Crippen LogP contribution in [0.5, 0.6) is 0 Å². The Morgan fingerprint density at radius 3 is 1.56 bits per heavy atom. The molecule has 0 saturated heterocycles. The average molecular weight is 509 g/mol. The summed E-state index contributed by atoms with van der Waals surface area (Å²) in [6.07, 6.45) is 0. The lowest BCUT2D eigenvalue weighted by Gasteiger charge is -2.23. The fourth-order valence-corrected chi connectivity index (χ4v) is 5.58. The Balaban J connectivity index is 0.000000320. The lowest BCUT2D eigenvalue weighted by atomic mass is 10.2. The third-order valence-corrected chi connectivity index (χ3v) is 8.18. The van der Waals surface area contributed by atoms with E-state index in [1.807, 2.05) is 48.5 Å². The molecule has 0 N–H and O–H groups in total. The van der Waals surface area contributed by atoms with Gasteiger partial charge < -0.3 is 14.5 Å². The lowest BCUT2D eigenvalue weighted by Crippen LogP contribution is -2.28. The average Bonchev–Trinajstić information content (AvgIpc) is 2.84. The fourth-order valence-electron chi connectivity index (χ4n) is 2.52. The fraction of sp³-hybridized carbons (Fsp3) is 0.375. The van der Waals surface area contributed by atoms with Gasteiger partial charge >= 0.3 is 5.97 Å². The highest BCUT2D eigenvalue weighted by Crippen LogP contribution is 2.28. The Bertz CT molecular complexity index is 787. The van der Waals surface area contributed by atoms with Gasteiger partial charge in [-0.1, -0.05) is 73.0 Å². The van der Waals surface area contributed by atoms with E-state index in [0.29, 0.717) is 12.2 Å². The van der Waals surface area contributed by atoms with Crippen LogP contribution in [0, 0.1) is 0 Å². The number of thiocarbonyl (C=S) groups is 2. The number of carbonyl (C=O) groups excluding carboxylic acids is 1. The minimum atomic E-state index is -0.288. The van der Waals surface area contributed by atoms with Crippen LogP contribution in [-0.2, 0) is 11.3 Å². The molecule has 2 aromatic carbocycles. The molecule has 0 aliphatic carbocycles. The second-order valence-corrected chi connectivity index (χ2v) is 9.87. The van der Waals surface area contributed by atoms with Gasteiger partial charge in [-0.05, 0) is 67.0 Å². The zero-order valence-corrected chi connectivity index (χ0v) is 22.4. The zero-order valence-electron chi connectivity index (χ0n) is 19.2. The van der Waals surface area contributed by atoms with E-state index in [1.54, 1.807) is 33.7 Å². The Hall–Kier alpha value is -1.61. The summed E-state index contributed by atoms with van der Waals surface area (Å²) in [6.45, 7) is 12.6. The third kappa shape index (κ3) is 10.8. The molecule has 2 aromatic rings. The number of esters is 1. The molecule has 0 aliphatic rings. The SMILES string of the molecule is CCN(CC)C(=S)SSC(=S)N(CC)CC.O=C(OCc1ccccc1)c1ccccc1. The quantitative estimate of drug-likeness (QED) is 0.233. The number of hydrogen-bond acceptors (Lipinski definition) is 6. The smallest absolute Gasteiger partial charge is 0.338 e. The first-order valence-electron chi connectivity index (χ1n) is 10.6. The van der Waals surface area contributed by atoms with E-state index in [1.165, 1.54) is 0 Å². The Morgan fingerprint density at radius 1 is 0.750 bits per heavy atom. The molecule has 0 atom stereocenters. The Kier molecular flexibility index (Phi) is 15.1. The van der Waals surface area contributed by atoms with Crippen molar-refractivity contribution in [2.24, 2.45) is 0 Å². The van der Waals surface area contributed by atoms with E-state index in [0.717, 1.165) is 40.4 Å². The van der Waals surface area contributed by atoms with Gasteiger partial charge in [-0.3, -0.25) is 0 Å². The van der Waals surface area contributed by atoms with Gasteiger partial charge in [0.25, 0.3) is 0 Å². The molecule has 8 heteroatoms. The molecular weight excluding hydrogens is 477 g/mol. The van der Waals surface area contributed by atoms with Crippen molar-refractivity contribution in [1.82, 2.24) is 9.80 Å². The second-order valence-electron chi connectivity index (χ2n) is 6.47. The van der Waals surface area contributed by atoms with Crippen molar-refractivity contribution in [3.63, 3.8) is 0 Å². The molecule has 0 bridgehead atoms. The van der Waals surface area contributed by atoms with E-state index in [2.05, 4.69) is 37.5 Å². The predicted molar refractivity (Wildman–Crippen MR) is 148 cm³/mol. The Labute approximate surface area is 211 Å². The minimum absolute atomic E-state index is 0.288. The summed E-state index contributed by atoms with van der Waals surface area (Å²) in [5.41, 5.74) is 1.57. The molecule has 0 aliphatic heterocycles. The van der Waals surface area contributed by atoms with Crippen LogP contribution < -0.4 is 0 Å². The second kappa shape index (κ2) is 16.9. The summed E-state index contributed by atoms with van der Waals surface area (Å²) in [4.78, 5) is 15.9. The molecule has 0 unspecified atom stereocenters. The largest absolute Gasteiger partial charge is 0.457 e. The van der Waals surface area contributed by atoms with Crippen LogP contribution in [0.4, 0.5) is 0 Å². The Morgan fingerprint density at radius 2 is 1.16 bits per heavy atom. The molecule has 4 nitrogen and oxygen atoms in total. The van der Waals surface area contributed by atoms with Crippen LogP contribution in [-0.4, -0.2) is 50.6 Å². The molecule has 0 amide bonds. The zero-order chi connectivity index (χ0) is 23.8. The summed E-state index contributed by atoms with van der Waals surface area (Å²) >= 11 is 10.7. The topological polar surface area (TPSA) is 32.8 Å². The molecule has 0 heterocycles. The van der Waals surface area contributed by atoms with E-state index in [-0.39, 0.29) is 5.97 Å². The molecule has 2 rings (SSSR count). The molecule has 32 heavy (non-hydrogen) atoms. The van der Waals surface area contributed by atoms with Gasteiger partial charge in [0.1, 0.15) is 15.2 Å². The molecule has 0 saturated carbocycles. The third-order valence-electron chi connectivity index (χ3n) is 4.45. The van der Waals surface area contributed by atoms with Crippen LogP contribution in [0.1, 0.15) is 43.6 Å². The molecule has 0 fully saturated rings. The highest BCUT2D eigenvalue weighted by atomic mass is 33.1. The molecule has 0 spiro atoms. The highest BCUT2D eigenvalue weighted by Gasteiger charge is 2.11.